The highest BCUT2D eigenvalue weighted by atomic mass is 79.9. The summed E-state index contributed by atoms with van der Waals surface area (Å²) in [5, 5.41) is 10.7. The van der Waals surface area contributed by atoms with E-state index in [0.29, 0.717) is 15.7 Å². The molecule has 0 unspecified atom stereocenters. The van der Waals surface area contributed by atoms with Crippen molar-refractivity contribution in [2.24, 2.45) is 0 Å². The predicted molar refractivity (Wildman–Crippen MR) is 64.7 cm³/mol. The third-order valence-electron chi connectivity index (χ3n) is 2.53. The Bertz CT molecular complexity index is 606. The van der Waals surface area contributed by atoms with Crippen LogP contribution in [0.5, 0.6) is 0 Å². The van der Waals surface area contributed by atoms with Gasteiger partial charge in [0.1, 0.15) is 0 Å². The van der Waals surface area contributed by atoms with Crippen molar-refractivity contribution in [1.82, 2.24) is 0 Å². The SMILES string of the molecule is CC1=CC(=O)N(c2ccc(C(=O)[O-])cc2Br)C1=O. The van der Waals surface area contributed by atoms with E-state index in [-0.39, 0.29) is 5.56 Å². The Hall–Kier alpha value is -1.95. The highest BCUT2D eigenvalue weighted by Gasteiger charge is 2.30. The molecule has 1 aliphatic heterocycles. The van der Waals surface area contributed by atoms with E-state index in [1.165, 1.54) is 24.3 Å². The summed E-state index contributed by atoms with van der Waals surface area (Å²) in [7, 11) is 0. The van der Waals surface area contributed by atoms with Gasteiger partial charge in [0.2, 0.25) is 0 Å². The maximum atomic E-state index is 11.8. The van der Waals surface area contributed by atoms with Crippen LogP contribution in [0.15, 0.2) is 34.3 Å². The number of carbonyl (C=O) groups excluding carboxylic acids is 3. The third-order valence-corrected chi connectivity index (χ3v) is 3.16. The second-order valence-corrected chi connectivity index (χ2v) is 4.61. The van der Waals surface area contributed by atoms with Crippen molar-refractivity contribution in [3.8, 4) is 0 Å². The number of benzene rings is 1. The lowest BCUT2D eigenvalue weighted by atomic mass is 10.2. The van der Waals surface area contributed by atoms with E-state index in [9.17, 15) is 19.5 Å². The monoisotopic (exact) mass is 308 g/mol. The summed E-state index contributed by atoms with van der Waals surface area (Å²) in [4.78, 5) is 35.1. The van der Waals surface area contributed by atoms with Crippen molar-refractivity contribution in [2.75, 3.05) is 4.90 Å². The summed E-state index contributed by atoms with van der Waals surface area (Å²) >= 11 is 3.14. The lowest BCUT2D eigenvalue weighted by molar-refractivity contribution is -0.255. The van der Waals surface area contributed by atoms with Gasteiger partial charge in [-0.1, -0.05) is 6.07 Å². The fourth-order valence-corrected chi connectivity index (χ4v) is 2.19. The average molecular weight is 309 g/mol. The van der Waals surface area contributed by atoms with Crippen LogP contribution in [-0.4, -0.2) is 17.8 Å². The zero-order valence-electron chi connectivity index (χ0n) is 9.27. The summed E-state index contributed by atoms with van der Waals surface area (Å²) in [6.07, 6.45) is 1.24. The summed E-state index contributed by atoms with van der Waals surface area (Å²) in [6, 6.07) is 3.96. The van der Waals surface area contributed by atoms with E-state index in [1.807, 2.05) is 0 Å². The minimum Gasteiger partial charge on any atom is -0.545 e. The Balaban J connectivity index is 2.45. The second-order valence-electron chi connectivity index (χ2n) is 3.76. The van der Waals surface area contributed by atoms with Gasteiger partial charge < -0.3 is 9.90 Å². The Morgan fingerprint density at radius 3 is 2.44 bits per heavy atom. The van der Waals surface area contributed by atoms with Crippen molar-refractivity contribution >= 4 is 39.4 Å². The van der Waals surface area contributed by atoms with Crippen molar-refractivity contribution in [1.29, 1.82) is 0 Å². The molecule has 0 aliphatic carbocycles. The van der Waals surface area contributed by atoms with Crippen molar-refractivity contribution < 1.29 is 19.5 Å². The fraction of sp³-hybridized carbons (Fsp3) is 0.0833. The normalized spacial score (nSPS) is 15.0. The van der Waals surface area contributed by atoms with Crippen LogP contribution in [0.1, 0.15) is 17.3 Å². The molecule has 0 radical (unpaired) electrons. The minimum atomic E-state index is -1.32. The van der Waals surface area contributed by atoms with E-state index in [1.54, 1.807) is 6.92 Å². The molecule has 0 spiro atoms. The summed E-state index contributed by atoms with van der Waals surface area (Å²) < 4.78 is 0.342. The van der Waals surface area contributed by atoms with Gasteiger partial charge >= 0.3 is 0 Å². The molecular formula is C12H7BrNO4-. The smallest absolute Gasteiger partial charge is 0.261 e. The predicted octanol–water partition coefficient (Wildman–Crippen LogP) is 0.632. The lowest BCUT2D eigenvalue weighted by Crippen LogP contribution is -2.31. The Morgan fingerprint density at radius 2 is 2.00 bits per heavy atom. The molecular weight excluding hydrogens is 302 g/mol. The quantitative estimate of drug-likeness (QED) is 0.751. The highest BCUT2D eigenvalue weighted by molar-refractivity contribution is 9.10. The minimum absolute atomic E-state index is 0.0330. The first kappa shape index (κ1) is 12.5. The molecule has 0 bridgehead atoms. The van der Waals surface area contributed by atoms with Crippen LogP contribution >= 0.6 is 15.9 Å². The first-order valence-corrected chi connectivity index (χ1v) is 5.78. The van der Waals surface area contributed by atoms with Crippen molar-refractivity contribution in [3.63, 3.8) is 0 Å². The molecule has 2 amide bonds. The number of anilines is 1. The van der Waals surface area contributed by atoms with Crippen LogP contribution in [0.25, 0.3) is 0 Å². The molecule has 5 nitrogen and oxygen atoms in total. The van der Waals surface area contributed by atoms with Gasteiger partial charge in [-0.2, -0.15) is 0 Å². The number of halogens is 1. The molecule has 0 fully saturated rings. The Morgan fingerprint density at radius 1 is 1.33 bits per heavy atom. The van der Waals surface area contributed by atoms with Crippen LogP contribution in [0, 0.1) is 0 Å². The second kappa shape index (κ2) is 4.38. The number of hydrogen-bond donors (Lipinski definition) is 0. The van der Waals surface area contributed by atoms with Gasteiger partial charge in [-0.05, 0) is 40.5 Å². The van der Waals surface area contributed by atoms with Crippen molar-refractivity contribution in [3.05, 3.63) is 39.9 Å². The molecule has 92 valence electrons. The first-order valence-electron chi connectivity index (χ1n) is 4.99. The number of hydrogen-bond acceptors (Lipinski definition) is 4. The molecule has 0 N–H and O–H groups in total. The van der Waals surface area contributed by atoms with E-state index < -0.39 is 17.8 Å². The molecule has 0 atom stereocenters. The van der Waals surface area contributed by atoms with Crippen LogP contribution in [-0.2, 0) is 9.59 Å². The van der Waals surface area contributed by atoms with Crippen LogP contribution < -0.4 is 10.0 Å². The number of imide groups is 1. The summed E-state index contributed by atoms with van der Waals surface area (Å²) in [5.74, 6) is -2.18. The summed E-state index contributed by atoms with van der Waals surface area (Å²) in [6.45, 7) is 1.55. The Kier molecular flexibility index (Phi) is 3.04. The van der Waals surface area contributed by atoms with E-state index >= 15 is 0 Å². The molecule has 1 heterocycles. The molecule has 18 heavy (non-hydrogen) atoms. The van der Waals surface area contributed by atoms with Gasteiger partial charge in [0.05, 0.1) is 11.7 Å². The van der Waals surface area contributed by atoms with Gasteiger partial charge in [-0.3, -0.25) is 9.59 Å². The maximum Gasteiger partial charge on any atom is 0.261 e. The van der Waals surface area contributed by atoms with Gasteiger partial charge in [0, 0.05) is 16.1 Å². The van der Waals surface area contributed by atoms with E-state index in [0.717, 1.165) is 4.90 Å². The first-order chi connectivity index (χ1) is 8.41. The molecule has 1 aliphatic rings. The van der Waals surface area contributed by atoms with Crippen LogP contribution in [0.3, 0.4) is 0 Å². The van der Waals surface area contributed by atoms with Crippen LogP contribution in [0.2, 0.25) is 0 Å². The van der Waals surface area contributed by atoms with E-state index in [4.69, 9.17) is 0 Å². The van der Waals surface area contributed by atoms with E-state index in [2.05, 4.69) is 15.9 Å². The van der Waals surface area contributed by atoms with Crippen molar-refractivity contribution in [2.45, 2.75) is 6.92 Å². The Labute approximate surface area is 111 Å². The van der Waals surface area contributed by atoms with Gasteiger partial charge in [-0.25, -0.2) is 4.90 Å². The average Bonchev–Trinajstić information content (AvgIpc) is 2.54. The molecule has 1 aromatic carbocycles. The molecule has 0 saturated heterocycles. The number of nitrogens with zero attached hydrogens (tertiary/aromatic N) is 1. The maximum absolute atomic E-state index is 11.8. The standard InChI is InChI=1S/C12H8BrNO4/c1-6-4-10(15)14(11(6)16)9-3-2-7(12(17)18)5-8(9)13/h2-5H,1H3,(H,17,18)/p-1. The molecule has 1 aromatic rings. The van der Waals surface area contributed by atoms with Gasteiger partial charge in [-0.15, -0.1) is 0 Å². The lowest BCUT2D eigenvalue weighted by Gasteiger charge is -2.17. The van der Waals surface area contributed by atoms with Gasteiger partial charge in [0.25, 0.3) is 11.8 Å². The largest absolute Gasteiger partial charge is 0.545 e. The zero-order chi connectivity index (χ0) is 13.4. The molecule has 0 saturated carbocycles. The summed E-state index contributed by atoms with van der Waals surface area (Å²) in [5.41, 5.74) is 0.619. The highest BCUT2D eigenvalue weighted by Crippen LogP contribution is 2.30. The third kappa shape index (κ3) is 1.95. The number of rotatable bonds is 2. The number of carboxylic acid groups (broad SMARTS) is 1. The molecule has 2 rings (SSSR count). The molecule has 0 aromatic heterocycles. The van der Waals surface area contributed by atoms with Gasteiger partial charge in [0.15, 0.2) is 0 Å². The topological polar surface area (TPSA) is 77.5 Å². The fourth-order valence-electron chi connectivity index (χ4n) is 1.63. The number of amides is 2. The van der Waals surface area contributed by atoms with Crippen LogP contribution in [0.4, 0.5) is 5.69 Å². The number of carboxylic acids is 1. The molecule has 6 heteroatoms. The zero-order valence-corrected chi connectivity index (χ0v) is 10.9. The number of aromatic carboxylic acids is 1. The number of carbonyl (C=O) groups is 3.